The quantitative estimate of drug-likeness (QED) is 0.604. The van der Waals surface area contributed by atoms with Gasteiger partial charge < -0.3 is 34.5 Å². The standard InChI is InChI=1S/C23H25N5O5/c1-30-18-11-14-15(12-19(18)31-2)25-23(26-21(14)24)28-9-7-27(8-10-28)22(29)20-13-32-16-5-3-4-6-17(16)33-20/h3-6,11-12,20H,7-10,13H2,1-2H3,(H2,24,25,26)/i1D3,2D3,11D,12D,13D2/hD2. The van der Waals surface area contributed by atoms with E-state index in [1.807, 2.05) is 0 Å². The highest BCUT2D eigenvalue weighted by atomic mass is 16.6. The van der Waals surface area contributed by atoms with Gasteiger partial charge in [-0.05, 0) is 18.2 Å². The number of aromatic nitrogens is 2. The number of nitrogen functional groups attached to an aromatic ring is 1. The largest absolute Gasteiger partial charge is 0.493 e. The molecule has 2 aliphatic rings. The van der Waals surface area contributed by atoms with Crippen LogP contribution in [-0.2, 0) is 4.79 Å². The average Bonchev–Trinajstić information content (AvgIpc) is 2.94. The Bertz CT molecular complexity index is 1630. The Labute approximate surface area is 207 Å². The molecule has 2 aliphatic heterocycles. The van der Waals surface area contributed by atoms with Crippen molar-refractivity contribution in [1.29, 1.82) is 0 Å². The van der Waals surface area contributed by atoms with Crippen molar-refractivity contribution in [3.8, 4) is 23.0 Å². The Hall–Kier alpha value is -3.95. The number of ether oxygens (including phenoxy) is 4. The number of piperazine rings is 1. The van der Waals surface area contributed by atoms with E-state index < -0.39 is 73.0 Å². The fourth-order valence-electron chi connectivity index (χ4n) is 3.56. The maximum atomic E-state index is 13.3. The highest BCUT2D eigenvalue weighted by Gasteiger charge is 2.33. The number of fused-ring (bicyclic) bond motifs is 2. The molecule has 0 spiro atoms. The number of methoxy groups -OCH3 is 2. The highest BCUT2D eigenvalue weighted by Crippen LogP contribution is 2.34. The van der Waals surface area contributed by atoms with E-state index in [1.165, 1.54) is 11.0 Å². The molecule has 3 aromatic rings. The summed E-state index contributed by atoms with van der Waals surface area (Å²) in [6.07, 6.45) is -1.59. The number of nitrogens with zero attached hydrogens (tertiary/aromatic N) is 4. The molecule has 1 fully saturated rings. The molecule has 172 valence electrons. The van der Waals surface area contributed by atoms with Crippen LogP contribution in [0.4, 0.5) is 11.8 Å². The van der Waals surface area contributed by atoms with Gasteiger partial charge in [0.05, 0.1) is 33.3 Å². The summed E-state index contributed by atoms with van der Waals surface area (Å²) in [7, 11) is -6.35. The van der Waals surface area contributed by atoms with Gasteiger partial charge in [-0.1, -0.05) is 12.1 Å². The second kappa shape index (κ2) is 8.53. The number of nitrogens with two attached hydrogens (primary N) is 1. The predicted molar refractivity (Wildman–Crippen MR) is 122 cm³/mol. The van der Waals surface area contributed by atoms with Gasteiger partial charge in [0.1, 0.15) is 12.4 Å². The van der Waals surface area contributed by atoms with Crippen LogP contribution in [-0.4, -0.2) is 73.7 Å². The number of hydrogen-bond acceptors (Lipinski definition) is 9. The van der Waals surface area contributed by atoms with Crippen molar-refractivity contribution >= 4 is 28.6 Å². The number of amides is 1. The van der Waals surface area contributed by atoms with Crippen molar-refractivity contribution in [3.05, 3.63) is 36.4 Å². The maximum Gasteiger partial charge on any atom is 0.267 e. The summed E-state index contributed by atoms with van der Waals surface area (Å²) in [4.78, 5) is 24.7. The summed E-state index contributed by atoms with van der Waals surface area (Å²) < 4.78 is 115. The minimum Gasteiger partial charge on any atom is -0.493 e. The molecule has 1 unspecified atom stereocenters. The lowest BCUT2D eigenvalue weighted by Gasteiger charge is -2.37. The molecule has 1 saturated heterocycles. The van der Waals surface area contributed by atoms with Crippen LogP contribution in [0, 0.1) is 0 Å². The van der Waals surface area contributed by atoms with Crippen LogP contribution >= 0.6 is 0 Å². The number of rotatable bonds is 5. The third-order valence-electron chi connectivity index (χ3n) is 5.23. The molecule has 10 heteroatoms. The number of carbonyl (C=O) groups is 1. The summed E-state index contributed by atoms with van der Waals surface area (Å²) in [5.74, 6) is -2.80. The molecule has 0 saturated carbocycles. The molecule has 10 nitrogen and oxygen atoms in total. The van der Waals surface area contributed by atoms with Crippen molar-refractivity contribution in [3.63, 3.8) is 0 Å². The first kappa shape index (κ1) is 11.3. The van der Waals surface area contributed by atoms with E-state index in [2.05, 4.69) is 9.97 Å². The number of hydrogen-bond donors (Lipinski definition) is 1. The van der Waals surface area contributed by atoms with Gasteiger partial charge >= 0.3 is 0 Å². The topological polar surface area (TPSA) is 112 Å². The molecule has 1 amide bonds. The summed E-state index contributed by atoms with van der Waals surface area (Å²) in [5.41, 5.74) is -0.395. The number of para-hydroxylation sites is 2. The molecule has 3 heterocycles. The minimum atomic E-state index is -3.18. The fraction of sp³-hybridized carbons (Fsp3) is 0.348. The van der Waals surface area contributed by atoms with E-state index in [0.717, 1.165) is 0 Å². The van der Waals surface area contributed by atoms with Crippen LogP contribution < -0.4 is 29.6 Å². The van der Waals surface area contributed by atoms with Gasteiger partial charge in [0, 0.05) is 37.6 Å². The van der Waals surface area contributed by atoms with Crippen molar-refractivity contribution < 1.29 is 40.3 Å². The zero-order chi connectivity index (χ0) is 33.1. The molecule has 5 rings (SSSR count). The van der Waals surface area contributed by atoms with Crippen LogP contribution in [0.5, 0.6) is 23.0 Å². The van der Waals surface area contributed by atoms with Gasteiger partial charge in [-0.2, -0.15) is 4.98 Å². The molecule has 1 aromatic heterocycles. The van der Waals surface area contributed by atoms with E-state index in [0.29, 0.717) is 0 Å². The lowest BCUT2D eigenvalue weighted by molar-refractivity contribution is -0.141. The number of carbonyl (C=O) groups excluding carboxylic acids is 1. The second-order valence-electron chi connectivity index (χ2n) is 7.16. The van der Waals surface area contributed by atoms with E-state index in [-0.39, 0.29) is 49.3 Å². The number of benzene rings is 2. The molecular weight excluding hydrogens is 426 g/mol. The van der Waals surface area contributed by atoms with Crippen molar-refractivity contribution in [1.82, 2.24) is 14.9 Å². The molecular formula is C23H25N5O5. The van der Waals surface area contributed by atoms with Crippen molar-refractivity contribution in [2.24, 2.45) is 0 Å². The van der Waals surface area contributed by atoms with Crippen molar-refractivity contribution in [2.45, 2.75) is 6.10 Å². The number of anilines is 2. The lowest BCUT2D eigenvalue weighted by atomic mass is 10.2. The SMILES string of the molecule is [2H]c1c(OC([2H])([2H])[2H])c(OC([2H])([2H])[2H])c([2H])c2c(N([2H])[2H])nc(N3CCN(C(=O)C4Oc5ccccc5OC4([2H])[2H])CC3)nc12. The van der Waals surface area contributed by atoms with Gasteiger partial charge in [-0.25, -0.2) is 4.98 Å². The van der Waals surface area contributed by atoms with Gasteiger partial charge in [0.25, 0.3) is 5.91 Å². The minimum absolute atomic E-state index is 0.0223. The van der Waals surface area contributed by atoms with Crippen LogP contribution in [0.15, 0.2) is 36.4 Å². The third-order valence-corrected chi connectivity index (χ3v) is 5.23. The first-order valence-electron chi connectivity index (χ1n) is 15.7. The molecule has 2 aromatic carbocycles. The maximum absolute atomic E-state index is 13.3. The van der Waals surface area contributed by atoms with Gasteiger partial charge in [-0.3, -0.25) is 4.79 Å². The first-order chi connectivity index (χ1) is 20.9. The normalized spacial score (nSPS) is 25.2. The second-order valence-corrected chi connectivity index (χ2v) is 7.16. The lowest BCUT2D eigenvalue weighted by Crippen LogP contribution is -2.54. The molecule has 0 bridgehead atoms. The third kappa shape index (κ3) is 3.88. The molecule has 2 N–H and O–H groups in total. The van der Waals surface area contributed by atoms with Crippen LogP contribution in [0.1, 0.15) is 13.7 Å². The van der Waals surface area contributed by atoms with E-state index in [4.69, 9.17) is 35.5 Å². The van der Waals surface area contributed by atoms with E-state index in [1.54, 1.807) is 23.1 Å². The first-order valence-corrected chi connectivity index (χ1v) is 9.85. The Morgan fingerprint density at radius 3 is 2.70 bits per heavy atom. The summed E-state index contributed by atoms with van der Waals surface area (Å²) in [6, 6.07) is 4.76. The van der Waals surface area contributed by atoms with Gasteiger partial charge in [0.2, 0.25) is 12.1 Å². The predicted octanol–water partition coefficient (Wildman–Crippen LogP) is 1.72. The molecule has 1 atom stereocenters. The van der Waals surface area contributed by atoms with E-state index in [9.17, 15) is 4.79 Å². The Kier molecular flexibility index (Phi) is 2.91. The van der Waals surface area contributed by atoms with Crippen LogP contribution in [0.3, 0.4) is 0 Å². The van der Waals surface area contributed by atoms with Gasteiger partial charge in [-0.15, -0.1) is 0 Å². The Balaban J connectivity index is 1.46. The molecule has 33 heavy (non-hydrogen) atoms. The van der Waals surface area contributed by atoms with Gasteiger partial charge in [0.15, 0.2) is 25.8 Å². The fourth-order valence-corrected chi connectivity index (χ4v) is 3.56. The zero-order valence-electron chi connectivity index (χ0n) is 29.0. The van der Waals surface area contributed by atoms with E-state index >= 15 is 0 Å². The highest BCUT2D eigenvalue weighted by molar-refractivity contribution is 5.91. The summed E-state index contributed by atoms with van der Waals surface area (Å²) in [6.45, 7) is -2.25. The smallest absolute Gasteiger partial charge is 0.267 e. The summed E-state index contributed by atoms with van der Waals surface area (Å²) >= 11 is 0. The Morgan fingerprint density at radius 2 is 1.94 bits per heavy atom. The Morgan fingerprint density at radius 1 is 1.18 bits per heavy atom. The monoisotopic (exact) mass is 463 g/mol. The zero-order valence-corrected chi connectivity index (χ0v) is 17.0. The van der Waals surface area contributed by atoms with Crippen LogP contribution in [0.2, 0.25) is 2.82 Å². The van der Waals surface area contributed by atoms with Crippen LogP contribution in [0.25, 0.3) is 10.9 Å². The average molecular weight is 464 g/mol. The van der Waals surface area contributed by atoms with Crippen molar-refractivity contribution in [2.75, 3.05) is 57.4 Å². The summed E-state index contributed by atoms with van der Waals surface area (Å²) in [5, 5.41) is -0.434. The molecule has 0 radical (unpaired) electrons. The molecule has 0 aliphatic carbocycles.